The maximum absolute atomic E-state index is 12.3. The number of hydrogen-bond acceptors (Lipinski definition) is 4. The maximum Gasteiger partial charge on any atom is 0.255 e. The molecule has 0 aliphatic carbocycles. The number of anilines is 1. The van der Waals surface area contributed by atoms with Gasteiger partial charge in [-0.2, -0.15) is 5.26 Å². The van der Waals surface area contributed by atoms with Gasteiger partial charge < -0.3 is 9.88 Å². The van der Waals surface area contributed by atoms with E-state index in [0.29, 0.717) is 16.8 Å². The summed E-state index contributed by atoms with van der Waals surface area (Å²) in [4.78, 5) is 12.3. The number of carbonyl (C=O) groups is 1. The molecule has 0 spiro atoms. The number of nitriles is 1. The van der Waals surface area contributed by atoms with E-state index in [9.17, 15) is 4.79 Å². The minimum atomic E-state index is -0.263. The van der Waals surface area contributed by atoms with Crippen LogP contribution >= 0.6 is 0 Å². The minimum absolute atomic E-state index is 0.263. The van der Waals surface area contributed by atoms with Crippen LogP contribution in [0.1, 0.15) is 22.8 Å². The lowest BCUT2D eigenvalue weighted by Crippen LogP contribution is -2.12. The summed E-state index contributed by atoms with van der Waals surface area (Å²) in [6.07, 6.45) is 1.67. The number of carbonyl (C=O) groups excluding carboxylic acids is 1. The molecular weight excluding hydrogens is 302 g/mol. The first-order valence-corrected chi connectivity index (χ1v) is 7.51. The predicted molar refractivity (Wildman–Crippen MR) is 90.2 cm³/mol. The van der Waals surface area contributed by atoms with Crippen LogP contribution in [0.3, 0.4) is 0 Å². The van der Waals surface area contributed by atoms with Gasteiger partial charge in [-0.15, -0.1) is 10.2 Å². The van der Waals surface area contributed by atoms with E-state index in [1.165, 1.54) is 0 Å². The van der Waals surface area contributed by atoms with Crippen molar-refractivity contribution in [2.24, 2.45) is 0 Å². The fourth-order valence-electron chi connectivity index (χ4n) is 2.38. The number of aromatic nitrogens is 3. The van der Waals surface area contributed by atoms with Gasteiger partial charge in [-0.25, -0.2) is 0 Å². The van der Waals surface area contributed by atoms with Crippen molar-refractivity contribution in [1.82, 2.24) is 14.8 Å². The highest BCUT2D eigenvalue weighted by molar-refractivity contribution is 6.04. The zero-order valence-corrected chi connectivity index (χ0v) is 13.1. The van der Waals surface area contributed by atoms with Crippen LogP contribution in [0.25, 0.3) is 11.4 Å². The topological polar surface area (TPSA) is 83.6 Å². The van der Waals surface area contributed by atoms with Crippen molar-refractivity contribution in [2.75, 3.05) is 5.32 Å². The van der Waals surface area contributed by atoms with Crippen LogP contribution in [-0.4, -0.2) is 20.7 Å². The van der Waals surface area contributed by atoms with E-state index < -0.39 is 0 Å². The lowest BCUT2D eigenvalue weighted by molar-refractivity contribution is 0.102. The van der Waals surface area contributed by atoms with Crippen molar-refractivity contribution in [2.45, 2.75) is 13.5 Å². The van der Waals surface area contributed by atoms with Gasteiger partial charge >= 0.3 is 0 Å². The number of nitrogens with one attached hydrogen (secondary N) is 1. The van der Waals surface area contributed by atoms with Crippen LogP contribution in [0.5, 0.6) is 0 Å². The summed E-state index contributed by atoms with van der Waals surface area (Å²) in [6, 6.07) is 16.0. The van der Waals surface area contributed by atoms with Crippen molar-refractivity contribution >= 4 is 11.6 Å². The Kier molecular flexibility index (Phi) is 4.34. The molecule has 0 radical (unpaired) electrons. The van der Waals surface area contributed by atoms with Gasteiger partial charge in [0.1, 0.15) is 6.33 Å². The second kappa shape index (κ2) is 6.75. The number of aryl methyl sites for hydroxylation is 1. The Labute approximate surface area is 139 Å². The van der Waals surface area contributed by atoms with Crippen LogP contribution < -0.4 is 5.32 Å². The fourth-order valence-corrected chi connectivity index (χ4v) is 2.38. The molecule has 3 aromatic rings. The summed E-state index contributed by atoms with van der Waals surface area (Å²) in [5.74, 6) is 0.487. The van der Waals surface area contributed by atoms with Crippen LogP contribution in [0.2, 0.25) is 0 Å². The second-order valence-corrected chi connectivity index (χ2v) is 5.17. The van der Waals surface area contributed by atoms with Gasteiger partial charge in [-0.3, -0.25) is 4.79 Å². The summed E-state index contributed by atoms with van der Waals surface area (Å²) in [7, 11) is 0. The van der Waals surface area contributed by atoms with Crippen LogP contribution in [0.15, 0.2) is 54.9 Å². The van der Waals surface area contributed by atoms with E-state index in [2.05, 4.69) is 15.5 Å². The Hall–Kier alpha value is -3.46. The zero-order valence-electron chi connectivity index (χ0n) is 13.1. The van der Waals surface area contributed by atoms with Gasteiger partial charge in [-0.1, -0.05) is 18.2 Å². The predicted octanol–water partition coefficient (Wildman–Crippen LogP) is 3.09. The Morgan fingerprint density at radius 2 is 2.08 bits per heavy atom. The molecule has 0 unspecified atom stereocenters. The number of amides is 1. The van der Waals surface area contributed by atoms with E-state index in [4.69, 9.17) is 5.26 Å². The number of rotatable bonds is 4. The van der Waals surface area contributed by atoms with Gasteiger partial charge in [0.2, 0.25) is 0 Å². The van der Waals surface area contributed by atoms with Gasteiger partial charge in [0, 0.05) is 23.4 Å². The summed E-state index contributed by atoms with van der Waals surface area (Å²) in [6.45, 7) is 2.78. The largest absolute Gasteiger partial charge is 0.322 e. The monoisotopic (exact) mass is 317 g/mol. The normalized spacial score (nSPS) is 10.2. The van der Waals surface area contributed by atoms with Gasteiger partial charge in [0.25, 0.3) is 5.91 Å². The van der Waals surface area contributed by atoms with E-state index in [1.807, 2.05) is 41.8 Å². The molecule has 24 heavy (non-hydrogen) atoms. The molecule has 6 heteroatoms. The highest BCUT2D eigenvalue weighted by Crippen LogP contribution is 2.21. The lowest BCUT2D eigenvalue weighted by Gasteiger charge is -2.08. The molecule has 1 aromatic heterocycles. The third-order valence-electron chi connectivity index (χ3n) is 3.59. The smallest absolute Gasteiger partial charge is 0.255 e. The first kappa shape index (κ1) is 15.4. The highest BCUT2D eigenvalue weighted by Gasteiger charge is 2.10. The fraction of sp³-hybridized carbons (Fsp3) is 0.111. The van der Waals surface area contributed by atoms with Gasteiger partial charge in [0.15, 0.2) is 5.82 Å². The minimum Gasteiger partial charge on any atom is -0.322 e. The van der Waals surface area contributed by atoms with Gasteiger partial charge in [-0.05, 0) is 37.3 Å². The molecule has 1 heterocycles. The van der Waals surface area contributed by atoms with Crippen LogP contribution in [0, 0.1) is 11.3 Å². The van der Waals surface area contributed by atoms with E-state index >= 15 is 0 Å². The van der Waals surface area contributed by atoms with E-state index in [-0.39, 0.29) is 5.91 Å². The van der Waals surface area contributed by atoms with Crippen LogP contribution in [-0.2, 0) is 6.54 Å². The van der Waals surface area contributed by atoms with Crippen molar-refractivity contribution in [3.63, 3.8) is 0 Å². The number of benzene rings is 2. The quantitative estimate of drug-likeness (QED) is 0.801. The van der Waals surface area contributed by atoms with E-state index in [1.54, 1.807) is 30.6 Å². The number of hydrogen-bond donors (Lipinski definition) is 1. The summed E-state index contributed by atoms with van der Waals surface area (Å²) in [5, 5.41) is 19.8. The molecule has 6 nitrogen and oxygen atoms in total. The molecule has 1 amide bonds. The third-order valence-corrected chi connectivity index (χ3v) is 3.59. The Morgan fingerprint density at radius 1 is 1.25 bits per heavy atom. The third kappa shape index (κ3) is 3.15. The molecule has 0 aliphatic heterocycles. The molecule has 0 bridgehead atoms. The highest BCUT2D eigenvalue weighted by atomic mass is 16.1. The molecule has 0 fully saturated rings. The zero-order chi connectivity index (χ0) is 16.9. The van der Waals surface area contributed by atoms with Crippen LogP contribution in [0.4, 0.5) is 5.69 Å². The van der Waals surface area contributed by atoms with Crippen molar-refractivity contribution in [3.8, 4) is 17.5 Å². The maximum atomic E-state index is 12.3. The SMILES string of the molecule is CCn1cnnc1-c1cccc(NC(=O)c2cccc(C#N)c2)c1. The molecule has 0 aliphatic rings. The van der Waals surface area contributed by atoms with E-state index in [0.717, 1.165) is 17.9 Å². The van der Waals surface area contributed by atoms with Crippen molar-refractivity contribution in [1.29, 1.82) is 5.26 Å². The first-order valence-electron chi connectivity index (χ1n) is 7.51. The standard InChI is InChI=1S/C18H15N5O/c1-2-23-12-20-22-17(23)14-6-4-8-16(10-14)21-18(24)15-7-3-5-13(9-15)11-19/h3-10,12H,2H2,1H3,(H,21,24). The Bertz CT molecular complexity index is 923. The second-order valence-electron chi connectivity index (χ2n) is 5.17. The molecule has 0 saturated heterocycles. The molecule has 118 valence electrons. The average molecular weight is 317 g/mol. The molecule has 3 rings (SSSR count). The van der Waals surface area contributed by atoms with Gasteiger partial charge in [0.05, 0.1) is 11.6 Å². The summed E-state index contributed by atoms with van der Waals surface area (Å²) < 4.78 is 1.93. The van der Waals surface area contributed by atoms with Crippen molar-refractivity contribution < 1.29 is 4.79 Å². The summed E-state index contributed by atoms with van der Waals surface area (Å²) >= 11 is 0. The Morgan fingerprint density at radius 3 is 2.88 bits per heavy atom. The Balaban J connectivity index is 1.84. The molecule has 0 atom stereocenters. The first-order chi connectivity index (χ1) is 11.7. The summed E-state index contributed by atoms with van der Waals surface area (Å²) in [5.41, 5.74) is 2.42. The molecule has 1 N–H and O–H groups in total. The molecule has 0 saturated carbocycles. The molecule has 2 aromatic carbocycles. The molecular formula is C18H15N5O. The van der Waals surface area contributed by atoms with Crippen molar-refractivity contribution in [3.05, 3.63) is 66.0 Å². The number of nitrogens with zero attached hydrogens (tertiary/aromatic N) is 4. The lowest BCUT2D eigenvalue weighted by atomic mass is 10.1. The average Bonchev–Trinajstić information content (AvgIpc) is 3.11.